The molecule has 1 aliphatic rings. The highest BCUT2D eigenvalue weighted by atomic mass is 16.7. The standard InChI is InChI=1S/C56H105NO8/c1-3-5-7-9-11-13-15-16-17-18-19-20-21-22-23-24-25-26-27-28-29-30-31-32-33-34-35-36-38-40-42-44-46-52(60)57-49(48-64-56-55(63)54(62)53(61)51(47-58)65-56)50(59)45-43-41-39-37-14-12-10-8-6-4-2/h14,22-23,37,43,45,49-51,53-56,58-59,61-63H,3-13,15-21,24-36,38-42,44,46-48H2,1-2H3,(H,57,60)/b23-22-,37-14+,45-43+. The third-order valence-electron chi connectivity index (χ3n) is 13.2. The summed E-state index contributed by atoms with van der Waals surface area (Å²) in [5.74, 6) is -0.186. The maximum Gasteiger partial charge on any atom is 0.220 e. The molecule has 0 aromatic carbocycles. The van der Waals surface area contributed by atoms with Crippen molar-refractivity contribution in [3.05, 3.63) is 36.5 Å². The van der Waals surface area contributed by atoms with Crippen molar-refractivity contribution in [1.29, 1.82) is 0 Å². The predicted octanol–water partition coefficient (Wildman–Crippen LogP) is 13.2. The van der Waals surface area contributed by atoms with Crippen LogP contribution >= 0.6 is 0 Å². The summed E-state index contributed by atoms with van der Waals surface area (Å²) in [5.41, 5.74) is 0. The van der Waals surface area contributed by atoms with Crippen molar-refractivity contribution in [2.75, 3.05) is 13.2 Å². The zero-order valence-electron chi connectivity index (χ0n) is 42.3. The van der Waals surface area contributed by atoms with Crippen molar-refractivity contribution in [3.63, 3.8) is 0 Å². The second kappa shape index (κ2) is 46.2. The number of hydrogen-bond acceptors (Lipinski definition) is 8. The second-order valence-electron chi connectivity index (χ2n) is 19.4. The van der Waals surface area contributed by atoms with Gasteiger partial charge < -0.3 is 40.3 Å². The molecule has 9 nitrogen and oxygen atoms in total. The summed E-state index contributed by atoms with van der Waals surface area (Å²) < 4.78 is 11.2. The summed E-state index contributed by atoms with van der Waals surface area (Å²) in [4.78, 5) is 13.0. The number of aliphatic hydroxyl groups excluding tert-OH is 5. The van der Waals surface area contributed by atoms with Gasteiger partial charge in [0.1, 0.15) is 24.4 Å². The number of carbonyl (C=O) groups excluding carboxylic acids is 1. The smallest absolute Gasteiger partial charge is 0.220 e. The molecule has 0 bridgehead atoms. The van der Waals surface area contributed by atoms with E-state index < -0.39 is 49.5 Å². The number of carbonyl (C=O) groups is 1. The molecule has 7 unspecified atom stereocenters. The highest BCUT2D eigenvalue weighted by Crippen LogP contribution is 2.23. The molecule has 7 atom stereocenters. The lowest BCUT2D eigenvalue weighted by Crippen LogP contribution is -2.60. The van der Waals surface area contributed by atoms with Crippen molar-refractivity contribution in [3.8, 4) is 0 Å². The fourth-order valence-electron chi connectivity index (χ4n) is 8.76. The molecular formula is C56H105NO8. The Morgan fingerprint density at radius 3 is 1.31 bits per heavy atom. The SMILES string of the molecule is CCCCCC/C=C/CC/C=C/C(O)C(COC1OC(CO)C(O)C(O)C1O)NC(=O)CCCCCCCCCCCCCCCCCC/C=C\CCCCCCCCCCCCCC. The highest BCUT2D eigenvalue weighted by Gasteiger charge is 2.44. The first-order valence-corrected chi connectivity index (χ1v) is 27.7. The van der Waals surface area contributed by atoms with Gasteiger partial charge in [0.05, 0.1) is 25.4 Å². The monoisotopic (exact) mass is 920 g/mol. The molecule has 1 heterocycles. The Bertz CT molecular complexity index is 1110. The normalized spacial score (nSPS) is 20.1. The van der Waals surface area contributed by atoms with E-state index >= 15 is 0 Å². The van der Waals surface area contributed by atoms with Crippen LogP contribution in [0.1, 0.15) is 258 Å². The molecule has 0 radical (unpaired) electrons. The lowest BCUT2D eigenvalue weighted by atomic mass is 9.99. The average Bonchev–Trinajstić information content (AvgIpc) is 3.31. The summed E-state index contributed by atoms with van der Waals surface area (Å²) >= 11 is 0. The number of rotatable bonds is 47. The number of nitrogens with one attached hydrogen (secondary N) is 1. The topological polar surface area (TPSA) is 149 Å². The third kappa shape index (κ3) is 36.1. The fourth-order valence-corrected chi connectivity index (χ4v) is 8.76. The van der Waals surface area contributed by atoms with Crippen LogP contribution in [0.5, 0.6) is 0 Å². The maximum absolute atomic E-state index is 13.0. The average molecular weight is 920 g/mol. The molecule has 0 spiro atoms. The minimum atomic E-state index is -1.57. The minimum absolute atomic E-state index is 0.186. The van der Waals surface area contributed by atoms with Gasteiger partial charge in [-0.2, -0.15) is 0 Å². The van der Waals surface area contributed by atoms with E-state index in [0.29, 0.717) is 6.42 Å². The zero-order chi connectivity index (χ0) is 47.3. The molecule has 1 saturated heterocycles. The van der Waals surface area contributed by atoms with Crippen LogP contribution in [0.3, 0.4) is 0 Å². The second-order valence-corrected chi connectivity index (χ2v) is 19.4. The van der Waals surface area contributed by atoms with Gasteiger partial charge in [0, 0.05) is 6.42 Å². The first kappa shape index (κ1) is 61.4. The maximum atomic E-state index is 13.0. The lowest BCUT2D eigenvalue weighted by molar-refractivity contribution is -0.302. The van der Waals surface area contributed by atoms with Crippen LogP contribution in [-0.4, -0.2) is 87.5 Å². The Morgan fingerprint density at radius 2 is 0.877 bits per heavy atom. The summed E-state index contributed by atoms with van der Waals surface area (Å²) in [6, 6.07) is -0.818. The molecule has 1 amide bonds. The van der Waals surface area contributed by atoms with Crippen molar-refractivity contribution >= 4 is 5.91 Å². The summed E-state index contributed by atoms with van der Waals surface area (Å²) in [6.07, 6.45) is 52.4. The van der Waals surface area contributed by atoms with Gasteiger partial charge in [-0.05, 0) is 57.8 Å². The lowest BCUT2D eigenvalue weighted by Gasteiger charge is -2.40. The largest absolute Gasteiger partial charge is 0.394 e. The minimum Gasteiger partial charge on any atom is -0.394 e. The van der Waals surface area contributed by atoms with Gasteiger partial charge in [-0.25, -0.2) is 0 Å². The van der Waals surface area contributed by atoms with Crippen LogP contribution in [0.4, 0.5) is 0 Å². The van der Waals surface area contributed by atoms with E-state index in [-0.39, 0.29) is 12.5 Å². The molecule has 1 aliphatic heterocycles. The first-order valence-electron chi connectivity index (χ1n) is 27.7. The Balaban J connectivity index is 2.09. The summed E-state index contributed by atoms with van der Waals surface area (Å²) in [6.45, 7) is 3.73. The van der Waals surface area contributed by atoms with Gasteiger partial charge in [0.2, 0.25) is 5.91 Å². The number of hydrogen-bond donors (Lipinski definition) is 6. The van der Waals surface area contributed by atoms with Crippen molar-refractivity contribution in [2.45, 2.75) is 301 Å². The van der Waals surface area contributed by atoms with E-state index in [1.807, 2.05) is 6.08 Å². The van der Waals surface area contributed by atoms with Crippen molar-refractivity contribution < 1.29 is 39.8 Å². The van der Waals surface area contributed by atoms with Crippen LogP contribution in [-0.2, 0) is 14.3 Å². The Kier molecular flexibility index (Phi) is 43.6. The quantitative estimate of drug-likeness (QED) is 0.0261. The van der Waals surface area contributed by atoms with Crippen molar-refractivity contribution in [1.82, 2.24) is 5.32 Å². The van der Waals surface area contributed by atoms with E-state index in [1.165, 1.54) is 199 Å². The Hall–Kier alpha value is -1.59. The summed E-state index contributed by atoms with van der Waals surface area (Å²) in [5, 5.41) is 54.2. The molecule has 0 aromatic heterocycles. The van der Waals surface area contributed by atoms with Gasteiger partial charge in [0.25, 0.3) is 0 Å². The first-order chi connectivity index (χ1) is 31.8. The van der Waals surface area contributed by atoms with Gasteiger partial charge in [-0.3, -0.25) is 4.79 Å². The van der Waals surface area contributed by atoms with Crippen LogP contribution in [0, 0.1) is 0 Å². The van der Waals surface area contributed by atoms with Gasteiger partial charge in [0.15, 0.2) is 6.29 Å². The molecular weight excluding hydrogens is 815 g/mol. The van der Waals surface area contributed by atoms with Gasteiger partial charge >= 0.3 is 0 Å². The number of aliphatic hydroxyl groups is 5. The van der Waals surface area contributed by atoms with E-state index in [9.17, 15) is 30.3 Å². The third-order valence-corrected chi connectivity index (χ3v) is 13.2. The van der Waals surface area contributed by atoms with Gasteiger partial charge in [-0.15, -0.1) is 0 Å². The zero-order valence-corrected chi connectivity index (χ0v) is 42.3. The molecule has 9 heteroatoms. The Morgan fingerprint density at radius 1 is 0.508 bits per heavy atom. The van der Waals surface area contributed by atoms with Crippen LogP contribution in [0.25, 0.3) is 0 Å². The number of allylic oxidation sites excluding steroid dienone is 5. The molecule has 382 valence electrons. The highest BCUT2D eigenvalue weighted by molar-refractivity contribution is 5.76. The molecule has 65 heavy (non-hydrogen) atoms. The van der Waals surface area contributed by atoms with E-state index in [2.05, 4.69) is 43.5 Å². The van der Waals surface area contributed by atoms with E-state index in [1.54, 1.807) is 6.08 Å². The molecule has 0 aliphatic carbocycles. The number of unbranched alkanes of at least 4 members (excludes halogenated alkanes) is 33. The Labute approximate surface area is 400 Å². The van der Waals surface area contributed by atoms with E-state index in [0.717, 1.165) is 38.5 Å². The predicted molar refractivity (Wildman–Crippen MR) is 272 cm³/mol. The molecule has 6 N–H and O–H groups in total. The van der Waals surface area contributed by atoms with Crippen LogP contribution in [0.15, 0.2) is 36.5 Å². The molecule has 0 aromatic rings. The summed E-state index contributed by atoms with van der Waals surface area (Å²) in [7, 11) is 0. The van der Waals surface area contributed by atoms with Crippen LogP contribution < -0.4 is 5.32 Å². The van der Waals surface area contributed by atoms with Crippen LogP contribution in [0.2, 0.25) is 0 Å². The number of ether oxygens (including phenoxy) is 2. The van der Waals surface area contributed by atoms with Gasteiger partial charge in [-0.1, -0.05) is 230 Å². The fraction of sp³-hybridized carbons (Fsp3) is 0.875. The van der Waals surface area contributed by atoms with E-state index in [4.69, 9.17) is 9.47 Å². The number of amides is 1. The van der Waals surface area contributed by atoms with Crippen molar-refractivity contribution in [2.24, 2.45) is 0 Å². The molecule has 1 fully saturated rings. The molecule has 0 saturated carbocycles. The molecule has 1 rings (SSSR count).